The van der Waals surface area contributed by atoms with Gasteiger partial charge in [0.25, 0.3) is 0 Å². The molecule has 2 aromatic heterocycles. The Kier molecular flexibility index (Phi) is 7.89. The zero-order valence-electron chi connectivity index (χ0n) is 26.3. The molecule has 246 valence electrons. The predicted molar refractivity (Wildman–Crippen MR) is 171 cm³/mol. The van der Waals surface area contributed by atoms with Gasteiger partial charge in [-0.05, 0) is 56.8 Å². The molecule has 4 aromatic rings. The van der Waals surface area contributed by atoms with E-state index in [1.54, 1.807) is 11.8 Å². The lowest BCUT2D eigenvalue weighted by atomic mass is 9.75. The van der Waals surface area contributed by atoms with Crippen LogP contribution in [0.2, 0.25) is 0 Å². The maximum Gasteiger partial charge on any atom is 0.319 e. The van der Waals surface area contributed by atoms with E-state index >= 15 is 4.39 Å². The molecule has 2 saturated heterocycles. The van der Waals surface area contributed by atoms with Crippen molar-refractivity contribution in [2.75, 3.05) is 51.4 Å². The molecule has 1 saturated carbocycles. The van der Waals surface area contributed by atoms with Gasteiger partial charge in [-0.2, -0.15) is 9.97 Å². The minimum absolute atomic E-state index is 0.0903. The number of phenols is 1. The molecule has 2 aromatic carbocycles. The van der Waals surface area contributed by atoms with Crippen molar-refractivity contribution in [2.24, 2.45) is 5.41 Å². The Bertz CT molecular complexity index is 1920. The van der Waals surface area contributed by atoms with E-state index in [2.05, 4.69) is 20.8 Å². The van der Waals surface area contributed by atoms with Crippen LogP contribution in [0.25, 0.3) is 32.9 Å². The van der Waals surface area contributed by atoms with Gasteiger partial charge in [-0.3, -0.25) is 9.88 Å². The van der Waals surface area contributed by atoms with E-state index in [4.69, 9.17) is 20.9 Å². The van der Waals surface area contributed by atoms with Crippen molar-refractivity contribution >= 4 is 27.5 Å². The Morgan fingerprint density at radius 1 is 1.23 bits per heavy atom. The van der Waals surface area contributed by atoms with Gasteiger partial charge >= 0.3 is 6.01 Å². The fourth-order valence-corrected chi connectivity index (χ4v) is 7.88. The number of ether oxygens (including phenoxy) is 2. The normalized spacial score (nSPS) is 26.7. The molecule has 1 aliphatic carbocycles. The second-order valence-electron chi connectivity index (χ2n) is 13.4. The van der Waals surface area contributed by atoms with Crippen LogP contribution in [0.15, 0.2) is 30.5 Å². The molecule has 0 radical (unpaired) electrons. The van der Waals surface area contributed by atoms with Gasteiger partial charge in [0.15, 0.2) is 5.82 Å². The van der Waals surface area contributed by atoms with Crippen LogP contribution < -0.4 is 9.64 Å². The number of hydrogen-bond donors (Lipinski definition) is 2. The number of benzene rings is 2. The number of likely N-dealkylation sites (tertiary alicyclic amines) is 1. The van der Waals surface area contributed by atoms with Crippen molar-refractivity contribution in [1.29, 1.82) is 0 Å². The highest BCUT2D eigenvalue weighted by molar-refractivity contribution is 6.03. The average Bonchev–Trinajstić information content (AvgIpc) is 3.36. The summed E-state index contributed by atoms with van der Waals surface area (Å²) in [6, 6.07) is 5.38. The molecule has 9 nitrogen and oxygen atoms in total. The number of aliphatic hydroxyl groups is 1. The third-order valence-corrected chi connectivity index (χ3v) is 9.84. The lowest BCUT2D eigenvalue weighted by molar-refractivity contribution is -0.0244. The molecule has 0 spiro atoms. The summed E-state index contributed by atoms with van der Waals surface area (Å²) in [5.74, 6) is 0.924. The number of aromatic nitrogens is 3. The Hall–Kier alpha value is -4.18. The van der Waals surface area contributed by atoms with Gasteiger partial charge in [-0.1, -0.05) is 18.4 Å². The highest BCUT2D eigenvalue weighted by Crippen LogP contribution is 2.48. The van der Waals surface area contributed by atoms with Crippen LogP contribution in [0.5, 0.6) is 11.8 Å². The van der Waals surface area contributed by atoms with Gasteiger partial charge < -0.3 is 24.6 Å². The van der Waals surface area contributed by atoms with Crippen LogP contribution >= 0.6 is 0 Å². The Morgan fingerprint density at radius 2 is 2.06 bits per heavy atom. The quantitative estimate of drug-likeness (QED) is 0.290. The van der Waals surface area contributed by atoms with Gasteiger partial charge in [0, 0.05) is 41.7 Å². The van der Waals surface area contributed by atoms with E-state index in [1.807, 2.05) is 7.05 Å². The van der Waals surface area contributed by atoms with Crippen molar-refractivity contribution in [3.63, 3.8) is 0 Å². The standard InChI is InChI=1S/C35H36F3N5O4/c1-4-23-26(37)8-7-20-12-22(44)13-24(28(20)23)30-29(38)31-25(15-39-30)32(43-10-11-46-18-34(2,45)17-43)41-33(40-31)47-19-35-9-5-6-27(35)42(3)16-21(36)14-35/h1,7-8,12-13,15,21,27,44-45H,5-6,9-11,14,16-19H2,2-3H3. The van der Waals surface area contributed by atoms with E-state index in [1.165, 1.54) is 30.5 Å². The molecule has 4 unspecified atom stereocenters. The van der Waals surface area contributed by atoms with Crippen molar-refractivity contribution in [2.45, 2.75) is 50.4 Å². The second kappa shape index (κ2) is 11.8. The summed E-state index contributed by atoms with van der Waals surface area (Å²) in [5.41, 5.74) is -2.00. The van der Waals surface area contributed by atoms with Gasteiger partial charge in [0.1, 0.15) is 40.4 Å². The zero-order valence-corrected chi connectivity index (χ0v) is 26.3. The fraction of sp³-hybridized carbons (Fsp3) is 0.457. The second-order valence-corrected chi connectivity index (χ2v) is 13.4. The first-order valence-electron chi connectivity index (χ1n) is 15.8. The number of halogens is 3. The highest BCUT2D eigenvalue weighted by Gasteiger charge is 2.50. The molecule has 2 aliphatic heterocycles. The molecular formula is C35H36F3N5O4. The number of nitrogens with zero attached hydrogens (tertiary/aromatic N) is 5. The summed E-state index contributed by atoms with van der Waals surface area (Å²) in [5, 5.41) is 22.4. The third kappa shape index (κ3) is 5.60. The molecule has 0 bridgehead atoms. The maximum atomic E-state index is 16.8. The summed E-state index contributed by atoms with van der Waals surface area (Å²) in [6.45, 7) is 3.03. The first kappa shape index (κ1) is 31.4. The molecule has 4 atom stereocenters. The van der Waals surface area contributed by atoms with Crippen LogP contribution in [-0.2, 0) is 4.74 Å². The van der Waals surface area contributed by atoms with Crippen LogP contribution in [0.4, 0.5) is 19.0 Å². The molecule has 3 fully saturated rings. The Balaban J connectivity index is 1.38. The van der Waals surface area contributed by atoms with Gasteiger partial charge in [0.05, 0.1) is 37.3 Å². The predicted octanol–water partition coefficient (Wildman–Crippen LogP) is 4.99. The number of fused-ring (bicyclic) bond motifs is 3. The summed E-state index contributed by atoms with van der Waals surface area (Å²) >= 11 is 0. The number of phenolic OH excluding ortho intramolecular Hbond substituents is 1. The van der Waals surface area contributed by atoms with Crippen LogP contribution in [0.1, 0.15) is 38.2 Å². The molecule has 4 heterocycles. The molecule has 3 aliphatic rings. The van der Waals surface area contributed by atoms with Crippen molar-refractivity contribution < 1.29 is 32.9 Å². The molecular weight excluding hydrogens is 611 g/mol. The number of alkyl halides is 1. The number of pyridine rings is 1. The molecule has 0 amide bonds. The zero-order chi connectivity index (χ0) is 33.1. The molecule has 2 N–H and O–H groups in total. The summed E-state index contributed by atoms with van der Waals surface area (Å²) in [7, 11) is 1.93. The van der Waals surface area contributed by atoms with E-state index in [-0.39, 0.29) is 83.1 Å². The topological polar surface area (TPSA) is 104 Å². The fourth-order valence-electron chi connectivity index (χ4n) is 7.88. The van der Waals surface area contributed by atoms with Gasteiger partial charge in [-0.25, -0.2) is 13.2 Å². The minimum atomic E-state index is -1.23. The number of hydrogen-bond acceptors (Lipinski definition) is 9. The molecule has 47 heavy (non-hydrogen) atoms. The van der Waals surface area contributed by atoms with Crippen molar-refractivity contribution in [1.82, 2.24) is 19.9 Å². The lowest BCUT2D eigenvalue weighted by Gasteiger charge is -2.45. The van der Waals surface area contributed by atoms with E-state index in [0.29, 0.717) is 24.9 Å². The van der Waals surface area contributed by atoms with E-state index in [0.717, 1.165) is 19.3 Å². The highest BCUT2D eigenvalue weighted by atomic mass is 19.1. The molecule has 12 heteroatoms. The maximum absolute atomic E-state index is 16.8. The van der Waals surface area contributed by atoms with Crippen LogP contribution in [-0.4, -0.2) is 94.4 Å². The molecule has 7 rings (SSSR count). The SMILES string of the molecule is C#Cc1c(F)ccc2cc(O)cc(-c3ncc4c(N5CCOCC(C)(O)C5)nc(OCC56CCCC5N(C)CC(F)C6)nc4c3F)c12. The monoisotopic (exact) mass is 647 g/mol. The number of β-amino-alcohol motifs (C(OH)–C–C–N with tert-alkyl or cyclic N) is 1. The number of piperidine rings is 1. The number of aromatic hydroxyl groups is 1. The Labute approximate surface area is 270 Å². The first-order valence-corrected chi connectivity index (χ1v) is 15.8. The smallest absolute Gasteiger partial charge is 0.319 e. The van der Waals surface area contributed by atoms with Gasteiger partial charge in [0.2, 0.25) is 0 Å². The summed E-state index contributed by atoms with van der Waals surface area (Å²) in [6.07, 6.45) is 9.11. The number of anilines is 1. The van der Waals surface area contributed by atoms with Crippen LogP contribution in [0.3, 0.4) is 0 Å². The third-order valence-electron chi connectivity index (χ3n) is 9.84. The number of rotatable bonds is 5. The van der Waals surface area contributed by atoms with Crippen LogP contribution in [0, 0.1) is 29.4 Å². The average molecular weight is 648 g/mol. The van der Waals surface area contributed by atoms with E-state index < -0.39 is 28.8 Å². The van der Waals surface area contributed by atoms with E-state index in [9.17, 15) is 19.0 Å². The summed E-state index contributed by atoms with van der Waals surface area (Å²) < 4.78 is 58.4. The van der Waals surface area contributed by atoms with Crippen molar-refractivity contribution in [3.05, 3.63) is 47.7 Å². The Morgan fingerprint density at radius 3 is 2.87 bits per heavy atom. The largest absolute Gasteiger partial charge is 0.508 e. The number of terminal acetylenes is 1. The summed E-state index contributed by atoms with van der Waals surface area (Å²) in [4.78, 5) is 17.5. The minimum Gasteiger partial charge on any atom is -0.508 e. The first-order chi connectivity index (χ1) is 22.5. The lowest BCUT2D eigenvalue weighted by Crippen LogP contribution is -2.54. The van der Waals surface area contributed by atoms with Gasteiger partial charge in [-0.15, -0.1) is 6.42 Å². The van der Waals surface area contributed by atoms with Crippen molar-refractivity contribution in [3.8, 4) is 35.4 Å².